The van der Waals surface area contributed by atoms with Crippen molar-refractivity contribution >= 4 is 15.9 Å². The molecule has 1 saturated heterocycles. The van der Waals surface area contributed by atoms with E-state index in [-0.39, 0.29) is 6.23 Å². The Morgan fingerprint density at radius 1 is 1.73 bits per heavy atom. The van der Waals surface area contributed by atoms with Gasteiger partial charge in [0.2, 0.25) is 0 Å². The molecule has 2 rings (SSSR count). The summed E-state index contributed by atoms with van der Waals surface area (Å²) in [6.45, 7) is 0.863. The van der Waals surface area contributed by atoms with Gasteiger partial charge in [0.25, 0.3) is 0 Å². The lowest BCUT2D eigenvalue weighted by molar-refractivity contribution is 0.0465. The molecule has 1 unspecified atom stereocenters. The number of halogens is 1. The average molecular weight is 217 g/mol. The Balaban J connectivity index is 2.15. The first kappa shape index (κ1) is 7.31. The molecule has 0 spiro atoms. The van der Waals surface area contributed by atoms with Crippen molar-refractivity contribution in [3.8, 4) is 0 Å². The molecule has 0 radical (unpaired) electrons. The van der Waals surface area contributed by atoms with Gasteiger partial charge in [0.15, 0.2) is 0 Å². The molecule has 0 aromatic carbocycles. The van der Waals surface area contributed by atoms with Gasteiger partial charge in [0.05, 0.1) is 0 Å². The molecule has 1 atom stereocenters. The fraction of sp³-hybridized carbons (Fsp3) is 0.571. The van der Waals surface area contributed by atoms with Crippen LogP contribution in [-0.4, -0.2) is 16.4 Å². The zero-order valence-corrected chi connectivity index (χ0v) is 7.62. The third-order valence-electron chi connectivity index (χ3n) is 1.78. The number of aromatic nitrogens is 2. The molecule has 11 heavy (non-hydrogen) atoms. The molecule has 0 bridgehead atoms. The van der Waals surface area contributed by atoms with E-state index in [2.05, 4.69) is 21.0 Å². The normalized spacial score (nSPS) is 24.3. The van der Waals surface area contributed by atoms with E-state index in [0.717, 1.165) is 24.1 Å². The molecule has 2 heterocycles. The minimum Gasteiger partial charge on any atom is -0.357 e. The fourth-order valence-electron chi connectivity index (χ4n) is 1.24. The van der Waals surface area contributed by atoms with Crippen LogP contribution in [0.4, 0.5) is 0 Å². The maximum atomic E-state index is 5.43. The first-order valence-corrected chi connectivity index (χ1v) is 4.48. The summed E-state index contributed by atoms with van der Waals surface area (Å²) in [6, 6.07) is 1.92. The van der Waals surface area contributed by atoms with E-state index in [1.807, 2.05) is 16.9 Å². The molecule has 1 aromatic rings. The number of hydrogen-bond donors (Lipinski definition) is 0. The molecule has 3 nitrogen and oxygen atoms in total. The zero-order chi connectivity index (χ0) is 7.68. The van der Waals surface area contributed by atoms with Crippen LogP contribution in [0, 0.1) is 0 Å². The van der Waals surface area contributed by atoms with Gasteiger partial charge in [0, 0.05) is 12.8 Å². The van der Waals surface area contributed by atoms with Crippen LogP contribution in [0.25, 0.3) is 0 Å². The summed E-state index contributed by atoms with van der Waals surface area (Å²) in [4.78, 5) is 0. The van der Waals surface area contributed by atoms with Gasteiger partial charge in [-0.15, -0.1) is 0 Å². The lowest BCUT2D eigenvalue weighted by Gasteiger charge is -2.08. The summed E-state index contributed by atoms with van der Waals surface area (Å²) in [5.74, 6) is 0. The van der Waals surface area contributed by atoms with E-state index in [0.29, 0.717) is 0 Å². The van der Waals surface area contributed by atoms with Crippen LogP contribution in [0.2, 0.25) is 0 Å². The van der Waals surface area contributed by atoms with Crippen molar-refractivity contribution in [1.29, 1.82) is 0 Å². The molecule has 1 aliphatic rings. The Kier molecular flexibility index (Phi) is 1.96. The number of rotatable bonds is 1. The van der Waals surface area contributed by atoms with Crippen molar-refractivity contribution in [2.45, 2.75) is 19.1 Å². The van der Waals surface area contributed by atoms with Crippen LogP contribution < -0.4 is 0 Å². The summed E-state index contributed by atoms with van der Waals surface area (Å²) in [7, 11) is 0. The van der Waals surface area contributed by atoms with E-state index in [1.54, 1.807) is 0 Å². The number of nitrogens with zero attached hydrogens (tertiary/aromatic N) is 2. The second-order valence-electron chi connectivity index (χ2n) is 2.59. The van der Waals surface area contributed by atoms with Crippen molar-refractivity contribution < 1.29 is 4.74 Å². The monoisotopic (exact) mass is 216 g/mol. The van der Waals surface area contributed by atoms with Crippen LogP contribution in [0.1, 0.15) is 19.1 Å². The highest BCUT2D eigenvalue weighted by Crippen LogP contribution is 2.22. The molecule has 0 amide bonds. The molecule has 60 valence electrons. The summed E-state index contributed by atoms with van der Waals surface area (Å²) < 4.78 is 8.16. The predicted molar refractivity (Wildman–Crippen MR) is 44.2 cm³/mol. The van der Waals surface area contributed by atoms with E-state index in [9.17, 15) is 0 Å². The lowest BCUT2D eigenvalue weighted by atomic mass is 10.3. The quantitative estimate of drug-likeness (QED) is 0.718. The molecule has 1 fully saturated rings. The van der Waals surface area contributed by atoms with Crippen molar-refractivity contribution in [2.75, 3.05) is 6.61 Å². The van der Waals surface area contributed by atoms with Gasteiger partial charge in [-0.2, -0.15) is 5.10 Å². The van der Waals surface area contributed by atoms with Crippen molar-refractivity contribution in [1.82, 2.24) is 9.78 Å². The first-order valence-electron chi connectivity index (χ1n) is 3.68. The van der Waals surface area contributed by atoms with Crippen LogP contribution >= 0.6 is 15.9 Å². The van der Waals surface area contributed by atoms with Crippen LogP contribution in [-0.2, 0) is 4.74 Å². The largest absolute Gasteiger partial charge is 0.357 e. The summed E-state index contributed by atoms with van der Waals surface area (Å²) in [5.41, 5.74) is 0. The van der Waals surface area contributed by atoms with Gasteiger partial charge in [-0.05, 0) is 34.8 Å². The Bertz CT molecular complexity index is 242. The SMILES string of the molecule is Brc1ccn(C2CCCO2)n1. The smallest absolute Gasteiger partial charge is 0.150 e. The lowest BCUT2D eigenvalue weighted by Crippen LogP contribution is -2.07. The van der Waals surface area contributed by atoms with Crippen LogP contribution in [0.5, 0.6) is 0 Å². The van der Waals surface area contributed by atoms with Gasteiger partial charge in [0.1, 0.15) is 10.8 Å². The maximum Gasteiger partial charge on any atom is 0.150 e. The van der Waals surface area contributed by atoms with E-state index in [4.69, 9.17) is 4.74 Å². The molecular formula is C7H9BrN2O. The maximum absolute atomic E-state index is 5.43. The first-order chi connectivity index (χ1) is 5.36. The highest BCUT2D eigenvalue weighted by Gasteiger charge is 2.17. The van der Waals surface area contributed by atoms with Crippen molar-refractivity contribution in [2.24, 2.45) is 0 Å². The second kappa shape index (κ2) is 2.95. The van der Waals surface area contributed by atoms with E-state index >= 15 is 0 Å². The topological polar surface area (TPSA) is 27.1 Å². The summed E-state index contributed by atoms with van der Waals surface area (Å²) in [6.07, 6.45) is 4.32. The average Bonchev–Trinajstić information content (AvgIpc) is 2.55. The zero-order valence-electron chi connectivity index (χ0n) is 6.03. The molecular weight excluding hydrogens is 208 g/mol. The standard InChI is InChI=1S/C7H9BrN2O/c8-6-3-4-10(9-6)7-2-1-5-11-7/h3-4,7H,1-2,5H2. The highest BCUT2D eigenvalue weighted by atomic mass is 79.9. The van der Waals surface area contributed by atoms with Gasteiger partial charge in [-0.25, -0.2) is 4.68 Å². The third kappa shape index (κ3) is 1.46. The minimum absolute atomic E-state index is 0.168. The number of ether oxygens (including phenoxy) is 1. The molecule has 0 N–H and O–H groups in total. The van der Waals surface area contributed by atoms with Crippen molar-refractivity contribution in [3.05, 3.63) is 16.9 Å². The van der Waals surface area contributed by atoms with Gasteiger partial charge >= 0.3 is 0 Å². The Morgan fingerprint density at radius 3 is 3.18 bits per heavy atom. The predicted octanol–water partition coefficient (Wildman–Crippen LogP) is 1.95. The molecule has 1 aromatic heterocycles. The van der Waals surface area contributed by atoms with E-state index < -0.39 is 0 Å². The molecule has 0 aliphatic carbocycles. The van der Waals surface area contributed by atoms with Crippen LogP contribution in [0.3, 0.4) is 0 Å². The van der Waals surface area contributed by atoms with Crippen molar-refractivity contribution in [3.63, 3.8) is 0 Å². The van der Waals surface area contributed by atoms with Crippen LogP contribution in [0.15, 0.2) is 16.9 Å². The molecule has 4 heteroatoms. The minimum atomic E-state index is 0.168. The third-order valence-corrected chi connectivity index (χ3v) is 2.20. The molecule has 0 saturated carbocycles. The highest BCUT2D eigenvalue weighted by molar-refractivity contribution is 9.10. The van der Waals surface area contributed by atoms with Gasteiger partial charge in [-0.1, -0.05) is 0 Å². The fourth-order valence-corrected chi connectivity index (χ4v) is 1.55. The summed E-state index contributed by atoms with van der Waals surface area (Å²) in [5, 5.41) is 4.20. The van der Waals surface area contributed by atoms with E-state index in [1.165, 1.54) is 0 Å². The van der Waals surface area contributed by atoms with Gasteiger partial charge < -0.3 is 4.74 Å². The second-order valence-corrected chi connectivity index (χ2v) is 3.40. The Morgan fingerprint density at radius 2 is 2.64 bits per heavy atom. The molecule has 1 aliphatic heterocycles. The Hall–Kier alpha value is -0.350. The number of hydrogen-bond acceptors (Lipinski definition) is 2. The summed E-state index contributed by atoms with van der Waals surface area (Å²) >= 11 is 3.29. The van der Waals surface area contributed by atoms with Gasteiger partial charge in [-0.3, -0.25) is 0 Å². The Labute approximate surface area is 73.5 Å².